The number of hydrogen-bond acceptors (Lipinski definition) is 6. The van der Waals surface area contributed by atoms with Crippen molar-refractivity contribution in [3.63, 3.8) is 0 Å². The van der Waals surface area contributed by atoms with Crippen LogP contribution in [0.4, 0.5) is 0 Å². The molecule has 0 amide bonds. The number of rotatable bonds is 2. The van der Waals surface area contributed by atoms with Gasteiger partial charge >= 0.3 is 0 Å². The number of methoxy groups -OCH3 is 1. The van der Waals surface area contributed by atoms with Gasteiger partial charge in [0.25, 0.3) is 0 Å². The maximum Gasteiger partial charge on any atom is 0.238 e. The first-order valence-corrected chi connectivity index (χ1v) is 6.38. The van der Waals surface area contributed by atoms with Crippen LogP contribution < -0.4 is 10.2 Å². The molecule has 3 N–H and O–H groups in total. The summed E-state index contributed by atoms with van der Waals surface area (Å²) in [6.45, 7) is 0. The van der Waals surface area contributed by atoms with Gasteiger partial charge in [0, 0.05) is 5.56 Å². The molecule has 0 radical (unpaired) electrons. The quantitative estimate of drug-likeness (QED) is 0.629. The van der Waals surface area contributed by atoms with Crippen molar-refractivity contribution < 1.29 is 24.5 Å². The minimum Gasteiger partial charge on any atom is -0.504 e. The summed E-state index contributed by atoms with van der Waals surface area (Å²) in [7, 11) is 1.50. The molecular formula is C16H12O6. The molecule has 0 spiro atoms. The van der Waals surface area contributed by atoms with Crippen molar-refractivity contribution in [3.8, 4) is 34.3 Å². The predicted octanol–water partition coefficient (Wildman–Crippen LogP) is 2.59. The molecule has 22 heavy (non-hydrogen) atoms. The fourth-order valence-corrected chi connectivity index (χ4v) is 2.21. The monoisotopic (exact) mass is 300 g/mol. The number of phenols is 2. The predicted molar refractivity (Wildman–Crippen MR) is 79.5 cm³/mol. The summed E-state index contributed by atoms with van der Waals surface area (Å²) in [4.78, 5) is 12.2. The Morgan fingerprint density at radius 1 is 1.05 bits per heavy atom. The second-order valence-corrected chi connectivity index (χ2v) is 4.65. The zero-order valence-electron chi connectivity index (χ0n) is 11.5. The van der Waals surface area contributed by atoms with Crippen LogP contribution in [-0.2, 0) is 0 Å². The molecule has 0 saturated carbocycles. The molecule has 0 aliphatic carbocycles. The molecule has 0 aliphatic rings. The highest BCUT2D eigenvalue weighted by Gasteiger charge is 2.19. The minimum atomic E-state index is -0.826. The lowest BCUT2D eigenvalue weighted by Crippen LogP contribution is -2.03. The summed E-state index contributed by atoms with van der Waals surface area (Å²) >= 11 is 0. The van der Waals surface area contributed by atoms with Crippen LogP contribution in [0.5, 0.6) is 23.0 Å². The molecule has 0 fully saturated rings. The Balaban J connectivity index is 2.34. The topological polar surface area (TPSA) is 100 Å². The molecule has 3 aromatic rings. The third-order valence-electron chi connectivity index (χ3n) is 3.32. The third-order valence-corrected chi connectivity index (χ3v) is 3.32. The molecule has 0 bridgehead atoms. The molecular weight excluding hydrogens is 288 g/mol. The molecule has 6 nitrogen and oxygen atoms in total. The van der Waals surface area contributed by atoms with Gasteiger partial charge in [-0.25, -0.2) is 0 Å². The Bertz CT molecular complexity index is 926. The first kappa shape index (κ1) is 13.8. The summed E-state index contributed by atoms with van der Waals surface area (Å²) in [6, 6.07) is 9.19. The number of fused-ring (bicyclic) bond motifs is 1. The number of ether oxygens (including phenoxy) is 1. The number of phenolic OH excluding ortho intramolecular Hbond substituents is 2. The van der Waals surface area contributed by atoms with E-state index in [2.05, 4.69) is 0 Å². The number of aromatic hydroxyl groups is 3. The van der Waals surface area contributed by atoms with E-state index in [4.69, 9.17) is 9.15 Å². The van der Waals surface area contributed by atoms with Gasteiger partial charge in [-0.2, -0.15) is 0 Å². The molecule has 3 rings (SSSR count). The average Bonchev–Trinajstić information content (AvgIpc) is 2.54. The SMILES string of the molecule is COc1cccc(-c2oc3ccc(O)c(O)c3c(=O)c2O)c1. The van der Waals surface area contributed by atoms with E-state index < -0.39 is 22.7 Å². The van der Waals surface area contributed by atoms with Crippen molar-refractivity contribution in [3.05, 3.63) is 46.6 Å². The van der Waals surface area contributed by atoms with Crippen molar-refractivity contribution in [2.45, 2.75) is 0 Å². The van der Waals surface area contributed by atoms with Crippen molar-refractivity contribution >= 4 is 11.0 Å². The Morgan fingerprint density at radius 3 is 2.55 bits per heavy atom. The minimum absolute atomic E-state index is 0.0403. The van der Waals surface area contributed by atoms with E-state index in [1.807, 2.05) is 0 Å². The van der Waals surface area contributed by atoms with E-state index in [0.29, 0.717) is 11.3 Å². The molecule has 0 saturated heterocycles. The second kappa shape index (κ2) is 5.00. The van der Waals surface area contributed by atoms with Gasteiger partial charge in [0.2, 0.25) is 11.2 Å². The number of hydrogen-bond donors (Lipinski definition) is 3. The summed E-state index contributed by atoms with van der Waals surface area (Å²) in [5, 5.41) is 29.0. The summed E-state index contributed by atoms with van der Waals surface area (Å²) in [5.74, 6) is -1.25. The summed E-state index contributed by atoms with van der Waals surface area (Å²) in [5.41, 5.74) is -0.327. The normalized spacial score (nSPS) is 10.8. The van der Waals surface area contributed by atoms with Gasteiger partial charge < -0.3 is 24.5 Å². The molecule has 112 valence electrons. The fourth-order valence-electron chi connectivity index (χ4n) is 2.21. The fraction of sp³-hybridized carbons (Fsp3) is 0.0625. The van der Waals surface area contributed by atoms with Crippen LogP contribution in [0.2, 0.25) is 0 Å². The van der Waals surface area contributed by atoms with E-state index in [9.17, 15) is 20.1 Å². The standard InChI is InChI=1S/C16H12O6/c1-21-9-4-2-3-8(7-9)16-15(20)14(19)12-11(22-16)6-5-10(17)13(12)18/h2-7,17-18,20H,1H3. The first-order chi connectivity index (χ1) is 10.5. The molecule has 2 aromatic carbocycles. The van der Waals surface area contributed by atoms with Gasteiger partial charge in [-0.05, 0) is 24.3 Å². The smallest absolute Gasteiger partial charge is 0.238 e. The van der Waals surface area contributed by atoms with Gasteiger partial charge in [0.15, 0.2) is 17.3 Å². The van der Waals surface area contributed by atoms with Crippen LogP contribution in [0.3, 0.4) is 0 Å². The Hall–Kier alpha value is -3.15. The number of benzene rings is 2. The van der Waals surface area contributed by atoms with Crippen LogP contribution in [0, 0.1) is 0 Å². The maximum absolute atomic E-state index is 12.2. The highest BCUT2D eigenvalue weighted by atomic mass is 16.5. The molecule has 1 aromatic heterocycles. The van der Waals surface area contributed by atoms with Crippen LogP contribution >= 0.6 is 0 Å². The molecule has 1 heterocycles. The summed E-state index contributed by atoms with van der Waals surface area (Å²) < 4.78 is 10.6. The van der Waals surface area contributed by atoms with E-state index >= 15 is 0 Å². The van der Waals surface area contributed by atoms with Crippen molar-refractivity contribution in [2.24, 2.45) is 0 Å². The maximum atomic E-state index is 12.2. The highest BCUT2D eigenvalue weighted by Crippen LogP contribution is 2.37. The van der Waals surface area contributed by atoms with E-state index in [-0.39, 0.29) is 16.7 Å². The van der Waals surface area contributed by atoms with E-state index in [0.717, 1.165) is 0 Å². The largest absolute Gasteiger partial charge is 0.504 e. The molecule has 0 aliphatic heterocycles. The first-order valence-electron chi connectivity index (χ1n) is 6.38. The van der Waals surface area contributed by atoms with Crippen molar-refractivity contribution in [1.82, 2.24) is 0 Å². The molecule has 0 atom stereocenters. The molecule has 0 unspecified atom stereocenters. The van der Waals surface area contributed by atoms with Gasteiger partial charge in [-0.1, -0.05) is 12.1 Å². The van der Waals surface area contributed by atoms with Gasteiger partial charge in [-0.15, -0.1) is 0 Å². The lowest BCUT2D eigenvalue weighted by molar-refractivity contribution is 0.405. The van der Waals surface area contributed by atoms with Gasteiger partial charge in [-0.3, -0.25) is 4.79 Å². The van der Waals surface area contributed by atoms with Gasteiger partial charge in [0.05, 0.1) is 7.11 Å². The average molecular weight is 300 g/mol. The Morgan fingerprint density at radius 2 is 1.82 bits per heavy atom. The Labute approximate surface area is 124 Å². The zero-order valence-corrected chi connectivity index (χ0v) is 11.5. The van der Waals surface area contributed by atoms with Crippen LogP contribution in [0.15, 0.2) is 45.6 Å². The lowest BCUT2D eigenvalue weighted by Gasteiger charge is -2.08. The van der Waals surface area contributed by atoms with Crippen molar-refractivity contribution in [2.75, 3.05) is 7.11 Å². The third kappa shape index (κ3) is 2.01. The van der Waals surface area contributed by atoms with Crippen LogP contribution in [-0.4, -0.2) is 22.4 Å². The van der Waals surface area contributed by atoms with Crippen LogP contribution in [0.1, 0.15) is 0 Å². The van der Waals surface area contributed by atoms with Crippen molar-refractivity contribution in [1.29, 1.82) is 0 Å². The molecule has 6 heteroatoms. The van der Waals surface area contributed by atoms with Crippen LogP contribution in [0.25, 0.3) is 22.3 Å². The summed E-state index contributed by atoms with van der Waals surface area (Å²) in [6.07, 6.45) is 0. The highest BCUT2D eigenvalue weighted by molar-refractivity contribution is 5.89. The Kier molecular flexibility index (Phi) is 3.14. The van der Waals surface area contributed by atoms with Gasteiger partial charge in [0.1, 0.15) is 16.7 Å². The van der Waals surface area contributed by atoms with E-state index in [1.54, 1.807) is 24.3 Å². The zero-order chi connectivity index (χ0) is 15.9. The second-order valence-electron chi connectivity index (χ2n) is 4.65. The lowest BCUT2D eigenvalue weighted by atomic mass is 10.1. The van der Waals surface area contributed by atoms with E-state index in [1.165, 1.54) is 19.2 Å².